The van der Waals surface area contributed by atoms with Crippen LogP contribution in [-0.4, -0.2) is 124 Å². The second-order valence-corrected chi connectivity index (χ2v) is 10.2. The van der Waals surface area contributed by atoms with Crippen LogP contribution >= 0.6 is 13.5 Å². The van der Waals surface area contributed by atoms with E-state index in [1.54, 1.807) is 0 Å². The number of carboxylic acid groups (broad SMARTS) is 3. The first-order valence-electron chi connectivity index (χ1n) is 10.4. The first-order chi connectivity index (χ1) is 17.7. The largest absolute Gasteiger partial charge is 0.490 e. The molecule has 1 heterocycles. The first kappa shape index (κ1) is 43.4. The van der Waals surface area contributed by atoms with E-state index in [9.17, 15) is 53.4 Å². The molecule has 0 unspecified atom stereocenters. The van der Waals surface area contributed by atoms with Crippen molar-refractivity contribution in [3.05, 3.63) is 0 Å². The van der Waals surface area contributed by atoms with Gasteiger partial charge in [0.25, 0.3) is 16.6 Å². The molecule has 0 spiro atoms. The minimum Gasteiger partial charge on any atom is -0.480 e. The minimum absolute atomic E-state index is 0. The number of hydrogen-bond acceptors (Lipinski definition) is 9. The van der Waals surface area contributed by atoms with Gasteiger partial charge in [-0.2, -0.15) is 56.9 Å². The van der Waals surface area contributed by atoms with Gasteiger partial charge < -0.3 is 36.8 Å². The predicted molar refractivity (Wildman–Crippen MR) is 127 cm³/mol. The van der Waals surface area contributed by atoms with Crippen LogP contribution in [0.2, 0.25) is 6.32 Å². The van der Waals surface area contributed by atoms with E-state index in [2.05, 4.69) is 0 Å². The van der Waals surface area contributed by atoms with Gasteiger partial charge in [-0.3, -0.25) is 4.79 Å². The Morgan fingerprint density at radius 1 is 1.05 bits per heavy atom. The maximum absolute atomic E-state index is 12.6. The third-order valence-corrected chi connectivity index (χ3v) is 6.87. The number of carbonyl (C=O) groups is 3. The molecule has 0 radical (unpaired) electrons. The summed E-state index contributed by atoms with van der Waals surface area (Å²) in [6.07, 6.45) is -12.7. The number of alkyl halides is 8. The Morgan fingerprint density at radius 3 is 1.73 bits per heavy atom. The molecule has 0 aromatic heterocycles. The van der Waals surface area contributed by atoms with Crippen LogP contribution in [0.15, 0.2) is 0 Å². The fourth-order valence-electron chi connectivity index (χ4n) is 2.88. The number of nitrogens with zero attached hydrogens (tertiary/aromatic N) is 2. The summed E-state index contributed by atoms with van der Waals surface area (Å²) in [5.41, 5.74) is 9.24. The molecule has 3 atom stereocenters. The molecule has 0 aromatic rings. The fraction of sp³-hybridized carbons (Fsp3) is 0.812. The van der Waals surface area contributed by atoms with Crippen LogP contribution in [0, 0.1) is 5.92 Å². The Balaban J connectivity index is -0.000000793. The lowest BCUT2D eigenvalue weighted by Gasteiger charge is -2.27. The van der Waals surface area contributed by atoms with E-state index in [0.717, 1.165) is 11.4 Å². The summed E-state index contributed by atoms with van der Waals surface area (Å²) in [5, 5.41) is 41.4. The minimum atomic E-state index is -5.08. The molecule has 41 heavy (non-hydrogen) atoms. The van der Waals surface area contributed by atoms with Crippen LogP contribution in [-0.2, 0) is 24.6 Å². The second-order valence-electron chi connectivity index (χ2n) is 8.14. The molecule has 0 aliphatic carbocycles. The zero-order chi connectivity index (χ0) is 32.4. The van der Waals surface area contributed by atoms with Crippen LogP contribution in [0.25, 0.3) is 0 Å². The summed E-state index contributed by atoms with van der Waals surface area (Å²) < 4.78 is 115. The molecule has 0 saturated carbocycles. The number of likely N-dealkylation sites (N-methyl/N-ethyl adjacent to an activating group) is 1. The van der Waals surface area contributed by atoms with Gasteiger partial charge >= 0.3 is 37.4 Å². The molecular formula is C16H29BF8N4O10S2. The van der Waals surface area contributed by atoms with Gasteiger partial charge in [0.05, 0.1) is 6.04 Å². The number of nitrogens with two attached hydrogens (primary N) is 2. The van der Waals surface area contributed by atoms with Crippen LogP contribution in [0.3, 0.4) is 0 Å². The standard InChI is InChI=1S/C12H25BF2N4O6S.2C2HF3O2.H2S/c1-18(6-9(16)10(14)15)26(24,25)19-5-8(3-2-4-13(22)23)12(17,7-19)11(20)21;2*3-2(4,5)1(6)7;/h8-10,22-23H,2-7,16-17H2,1H3,(H,20,21);2*(H,6,7);1H2/t8-,9-,12-;;;/m0.../s1. The molecule has 1 aliphatic rings. The van der Waals surface area contributed by atoms with Crippen molar-refractivity contribution in [1.29, 1.82) is 0 Å². The first-order valence-corrected chi connectivity index (χ1v) is 11.8. The van der Waals surface area contributed by atoms with E-state index in [4.69, 9.17) is 41.3 Å². The highest BCUT2D eigenvalue weighted by Crippen LogP contribution is 2.33. The lowest BCUT2D eigenvalue weighted by atomic mass is 9.78. The molecule has 0 aromatic carbocycles. The second kappa shape index (κ2) is 17.2. The normalized spacial score (nSPS) is 20.2. The van der Waals surface area contributed by atoms with E-state index in [1.165, 1.54) is 0 Å². The van der Waals surface area contributed by atoms with Crippen molar-refractivity contribution in [2.75, 3.05) is 26.7 Å². The Bertz CT molecular complexity index is 938. The van der Waals surface area contributed by atoms with Crippen molar-refractivity contribution in [2.45, 2.75) is 49.5 Å². The summed E-state index contributed by atoms with van der Waals surface area (Å²) in [6, 6.07) is -1.68. The zero-order valence-corrected chi connectivity index (χ0v) is 22.6. The van der Waals surface area contributed by atoms with Gasteiger partial charge in [0.1, 0.15) is 5.54 Å². The van der Waals surface area contributed by atoms with Crippen molar-refractivity contribution >= 4 is 48.7 Å². The topological polar surface area (TPSA) is 245 Å². The van der Waals surface area contributed by atoms with Crippen molar-refractivity contribution in [2.24, 2.45) is 17.4 Å². The summed E-state index contributed by atoms with van der Waals surface area (Å²) in [6.45, 7) is -1.38. The molecule has 244 valence electrons. The lowest BCUT2D eigenvalue weighted by molar-refractivity contribution is -0.193. The molecule has 9 N–H and O–H groups in total. The SMILES string of the molecule is CN(C[C@H](N)C(F)F)S(=O)(=O)N1C[C@H](CCCB(O)O)[C@](N)(C(=O)O)C1.O=C(O)C(F)(F)F.O=C(O)C(F)(F)F.S. The quantitative estimate of drug-likeness (QED) is 0.111. The van der Waals surface area contributed by atoms with E-state index in [1.807, 2.05) is 0 Å². The average molecular weight is 664 g/mol. The molecule has 1 fully saturated rings. The molecule has 14 nitrogen and oxygen atoms in total. The van der Waals surface area contributed by atoms with Crippen LogP contribution < -0.4 is 11.5 Å². The van der Waals surface area contributed by atoms with Gasteiger partial charge in [0, 0.05) is 32.6 Å². The van der Waals surface area contributed by atoms with Crippen molar-refractivity contribution in [3.8, 4) is 0 Å². The maximum atomic E-state index is 12.6. The van der Waals surface area contributed by atoms with E-state index in [-0.39, 0.29) is 39.2 Å². The highest BCUT2D eigenvalue weighted by Gasteiger charge is 2.53. The third-order valence-electron chi connectivity index (χ3n) is 5.00. The van der Waals surface area contributed by atoms with Crippen molar-refractivity contribution in [3.63, 3.8) is 0 Å². The monoisotopic (exact) mass is 664 g/mol. The number of hydrogen-bond donors (Lipinski definition) is 7. The van der Waals surface area contributed by atoms with Crippen molar-refractivity contribution < 1.29 is 83.3 Å². The molecule has 0 bridgehead atoms. The summed E-state index contributed by atoms with van der Waals surface area (Å²) in [7, 11) is -4.72. The number of carboxylic acids is 3. The van der Waals surface area contributed by atoms with Crippen LogP contribution in [0.5, 0.6) is 0 Å². The highest BCUT2D eigenvalue weighted by atomic mass is 32.2. The van der Waals surface area contributed by atoms with Gasteiger partial charge in [-0.25, -0.2) is 18.4 Å². The number of halogens is 8. The third kappa shape index (κ3) is 15.1. The number of rotatable bonds is 10. The Kier molecular flexibility index (Phi) is 18.2. The fourth-order valence-corrected chi connectivity index (χ4v) is 4.38. The van der Waals surface area contributed by atoms with Crippen molar-refractivity contribution in [1.82, 2.24) is 8.61 Å². The summed E-state index contributed by atoms with van der Waals surface area (Å²) >= 11 is 0. The van der Waals surface area contributed by atoms with E-state index >= 15 is 0 Å². The maximum Gasteiger partial charge on any atom is 0.490 e. The van der Waals surface area contributed by atoms with Gasteiger partial charge in [-0.1, -0.05) is 6.42 Å². The molecule has 1 saturated heterocycles. The van der Waals surface area contributed by atoms with Gasteiger partial charge in [0.15, 0.2) is 0 Å². The molecule has 1 aliphatic heterocycles. The van der Waals surface area contributed by atoms with Gasteiger partial charge in [0.2, 0.25) is 0 Å². The number of aliphatic carboxylic acids is 3. The molecular weight excluding hydrogens is 635 g/mol. The molecule has 1 rings (SSSR count). The highest BCUT2D eigenvalue weighted by molar-refractivity contribution is 7.86. The Labute approximate surface area is 234 Å². The van der Waals surface area contributed by atoms with E-state index < -0.39 is 84.6 Å². The smallest absolute Gasteiger partial charge is 0.480 e. The van der Waals surface area contributed by atoms with Gasteiger partial charge in [-0.05, 0) is 12.7 Å². The Hall–Kier alpha value is -2.03. The molecule has 25 heteroatoms. The zero-order valence-electron chi connectivity index (χ0n) is 20.8. The predicted octanol–water partition coefficient (Wildman–Crippen LogP) is -0.898. The molecule has 0 amide bonds. The average Bonchev–Trinajstić information content (AvgIpc) is 3.11. The van der Waals surface area contributed by atoms with Crippen LogP contribution in [0.1, 0.15) is 12.8 Å². The Morgan fingerprint density at radius 2 is 1.44 bits per heavy atom. The van der Waals surface area contributed by atoms with Crippen LogP contribution in [0.4, 0.5) is 35.1 Å². The lowest BCUT2D eigenvalue weighted by Crippen LogP contribution is -2.55. The van der Waals surface area contributed by atoms with E-state index in [0.29, 0.717) is 4.31 Å². The van der Waals surface area contributed by atoms with Gasteiger partial charge in [-0.15, -0.1) is 0 Å². The summed E-state index contributed by atoms with van der Waals surface area (Å²) in [5.74, 6) is -7.68. The summed E-state index contributed by atoms with van der Waals surface area (Å²) in [4.78, 5) is 29.4.